The van der Waals surface area contributed by atoms with Crippen molar-refractivity contribution in [3.8, 4) is 5.75 Å². The SMILES string of the molecule is COc1ccc(N(Cc2ccccc2)C(=O)c2nc(S(=O)(=O)Cc3ccccc3C)ncc2Cl)cc1. The number of hydrogen-bond donors (Lipinski definition) is 0. The van der Waals surface area contributed by atoms with Crippen LogP contribution in [0.15, 0.2) is 90.2 Å². The second-order valence-electron chi connectivity index (χ2n) is 8.11. The summed E-state index contributed by atoms with van der Waals surface area (Å²) in [6, 6.07) is 23.5. The van der Waals surface area contributed by atoms with Crippen LogP contribution in [0.4, 0.5) is 5.69 Å². The third-order valence-electron chi connectivity index (χ3n) is 5.62. The maximum Gasteiger partial charge on any atom is 0.278 e. The standard InChI is InChI=1S/C27H24ClN3O4S/c1-19-8-6-7-11-21(19)18-36(33,34)27-29-16-24(28)25(30-27)26(32)31(17-20-9-4-3-5-10-20)22-12-14-23(35-2)15-13-22/h3-16H,17-18H2,1-2H3. The maximum absolute atomic E-state index is 13.7. The molecule has 0 aliphatic heterocycles. The number of nitrogens with zero attached hydrogens (tertiary/aromatic N) is 3. The van der Waals surface area contributed by atoms with E-state index in [1.54, 1.807) is 43.5 Å². The number of aryl methyl sites for hydroxylation is 1. The molecule has 1 heterocycles. The van der Waals surface area contributed by atoms with Gasteiger partial charge >= 0.3 is 0 Å². The van der Waals surface area contributed by atoms with Crippen LogP contribution in [0.1, 0.15) is 27.2 Å². The molecular formula is C27H24ClN3O4S. The van der Waals surface area contributed by atoms with Crippen molar-refractivity contribution < 1.29 is 17.9 Å². The lowest BCUT2D eigenvalue weighted by atomic mass is 10.1. The van der Waals surface area contributed by atoms with Crippen LogP contribution in [0, 0.1) is 6.92 Å². The minimum Gasteiger partial charge on any atom is -0.497 e. The van der Waals surface area contributed by atoms with E-state index in [1.165, 1.54) is 4.90 Å². The Labute approximate surface area is 215 Å². The molecule has 0 bridgehead atoms. The number of hydrogen-bond acceptors (Lipinski definition) is 6. The van der Waals surface area contributed by atoms with E-state index >= 15 is 0 Å². The summed E-state index contributed by atoms with van der Waals surface area (Å²) in [5, 5.41) is -0.491. The first-order chi connectivity index (χ1) is 17.3. The number of methoxy groups -OCH3 is 1. The van der Waals surface area contributed by atoms with Crippen LogP contribution >= 0.6 is 11.6 Å². The molecular weight excluding hydrogens is 498 g/mol. The van der Waals surface area contributed by atoms with Crippen LogP contribution in [0.5, 0.6) is 5.75 Å². The van der Waals surface area contributed by atoms with E-state index in [9.17, 15) is 13.2 Å². The van der Waals surface area contributed by atoms with Crippen LogP contribution in [0.2, 0.25) is 5.02 Å². The Hall–Kier alpha value is -3.75. The predicted octanol–water partition coefficient (Wildman–Crippen LogP) is 5.27. The molecule has 184 valence electrons. The summed E-state index contributed by atoms with van der Waals surface area (Å²) in [4.78, 5) is 23.3. The zero-order chi connectivity index (χ0) is 25.7. The molecule has 0 aliphatic rings. The molecule has 0 fully saturated rings. The van der Waals surface area contributed by atoms with Gasteiger partial charge in [-0.1, -0.05) is 66.2 Å². The third-order valence-corrected chi connectivity index (χ3v) is 7.34. The highest BCUT2D eigenvalue weighted by atomic mass is 35.5. The van der Waals surface area contributed by atoms with Crippen molar-refractivity contribution in [1.82, 2.24) is 9.97 Å². The van der Waals surface area contributed by atoms with Gasteiger partial charge in [0, 0.05) is 5.69 Å². The number of aromatic nitrogens is 2. The van der Waals surface area contributed by atoms with Crippen molar-refractivity contribution in [3.05, 3.63) is 112 Å². The molecule has 7 nitrogen and oxygen atoms in total. The van der Waals surface area contributed by atoms with Crippen LogP contribution < -0.4 is 9.64 Å². The van der Waals surface area contributed by atoms with Gasteiger partial charge in [0.05, 0.1) is 30.6 Å². The molecule has 0 atom stereocenters. The fraction of sp³-hybridized carbons (Fsp3) is 0.148. The van der Waals surface area contributed by atoms with E-state index < -0.39 is 20.9 Å². The number of rotatable bonds is 8. The Morgan fingerprint density at radius 1 is 0.972 bits per heavy atom. The molecule has 36 heavy (non-hydrogen) atoms. The quantitative estimate of drug-likeness (QED) is 0.293. The molecule has 1 amide bonds. The molecule has 4 aromatic rings. The largest absolute Gasteiger partial charge is 0.497 e. The molecule has 0 unspecified atom stereocenters. The van der Waals surface area contributed by atoms with Crippen LogP contribution in [-0.4, -0.2) is 31.4 Å². The summed E-state index contributed by atoms with van der Waals surface area (Å²) in [5.74, 6) is -0.208. The fourth-order valence-electron chi connectivity index (χ4n) is 3.63. The zero-order valence-electron chi connectivity index (χ0n) is 19.8. The molecule has 3 aromatic carbocycles. The van der Waals surface area contributed by atoms with E-state index in [0.29, 0.717) is 17.0 Å². The van der Waals surface area contributed by atoms with Crippen molar-refractivity contribution in [2.24, 2.45) is 0 Å². The highest BCUT2D eigenvalue weighted by Crippen LogP contribution is 2.26. The first kappa shape index (κ1) is 25.3. The number of benzene rings is 3. The van der Waals surface area contributed by atoms with Crippen LogP contribution in [0.25, 0.3) is 0 Å². The monoisotopic (exact) mass is 521 g/mol. The van der Waals surface area contributed by atoms with Gasteiger partial charge < -0.3 is 9.64 Å². The summed E-state index contributed by atoms with van der Waals surface area (Å²) in [6.07, 6.45) is 1.15. The molecule has 0 spiro atoms. The zero-order valence-corrected chi connectivity index (χ0v) is 21.3. The Balaban J connectivity index is 1.72. The van der Waals surface area contributed by atoms with Gasteiger partial charge in [0.25, 0.3) is 5.91 Å². The second-order valence-corrected chi connectivity index (χ2v) is 10.4. The van der Waals surface area contributed by atoms with Crippen LogP contribution in [0.3, 0.4) is 0 Å². The molecule has 0 saturated heterocycles. The van der Waals surface area contributed by atoms with Gasteiger partial charge in [-0.15, -0.1) is 0 Å². The fourth-order valence-corrected chi connectivity index (χ4v) is 5.11. The molecule has 0 radical (unpaired) electrons. The van der Waals surface area contributed by atoms with Crippen molar-refractivity contribution in [2.45, 2.75) is 24.4 Å². The number of carbonyl (C=O) groups is 1. The van der Waals surface area contributed by atoms with E-state index in [2.05, 4.69) is 9.97 Å². The molecule has 0 saturated carbocycles. The third kappa shape index (κ3) is 5.72. The molecule has 0 aliphatic carbocycles. The number of carbonyl (C=O) groups excluding carboxylic acids is 1. The molecule has 0 N–H and O–H groups in total. The Kier molecular flexibility index (Phi) is 7.67. The first-order valence-corrected chi connectivity index (χ1v) is 13.1. The average molecular weight is 522 g/mol. The van der Waals surface area contributed by atoms with Gasteiger partial charge in [0.1, 0.15) is 5.75 Å². The highest BCUT2D eigenvalue weighted by Gasteiger charge is 2.27. The summed E-state index contributed by atoms with van der Waals surface area (Å²) in [6.45, 7) is 2.05. The van der Waals surface area contributed by atoms with Crippen molar-refractivity contribution >= 4 is 33.0 Å². The van der Waals surface area contributed by atoms with Gasteiger partial charge in [-0.05, 0) is 47.9 Å². The average Bonchev–Trinajstić information content (AvgIpc) is 2.89. The van der Waals surface area contributed by atoms with Gasteiger partial charge in [-0.2, -0.15) is 0 Å². The second kappa shape index (κ2) is 10.9. The van der Waals surface area contributed by atoms with Crippen molar-refractivity contribution in [1.29, 1.82) is 0 Å². The van der Waals surface area contributed by atoms with E-state index in [0.717, 1.165) is 17.3 Å². The number of amides is 1. The molecule has 1 aromatic heterocycles. The Morgan fingerprint density at radius 2 is 1.64 bits per heavy atom. The normalized spacial score (nSPS) is 11.2. The lowest BCUT2D eigenvalue weighted by molar-refractivity contribution is 0.0979. The van der Waals surface area contributed by atoms with Crippen molar-refractivity contribution in [3.63, 3.8) is 0 Å². The summed E-state index contributed by atoms with van der Waals surface area (Å²) < 4.78 is 31.5. The number of sulfone groups is 1. The first-order valence-electron chi connectivity index (χ1n) is 11.1. The van der Waals surface area contributed by atoms with Gasteiger partial charge in [-0.3, -0.25) is 4.79 Å². The lowest BCUT2D eigenvalue weighted by Crippen LogP contribution is -2.32. The molecule has 4 rings (SSSR count). The Morgan fingerprint density at radius 3 is 2.31 bits per heavy atom. The lowest BCUT2D eigenvalue weighted by Gasteiger charge is -2.23. The predicted molar refractivity (Wildman–Crippen MR) is 139 cm³/mol. The molecule has 9 heteroatoms. The topological polar surface area (TPSA) is 89.5 Å². The summed E-state index contributed by atoms with van der Waals surface area (Å²) in [7, 11) is -2.38. The highest BCUT2D eigenvalue weighted by molar-refractivity contribution is 7.90. The van der Waals surface area contributed by atoms with Crippen molar-refractivity contribution in [2.75, 3.05) is 12.0 Å². The minimum absolute atomic E-state index is 0.0404. The van der Waals surface area contributed by atoms with Crippen LogP contribution in [-0.2, 0) is 22.1 Å². The maximum atomic E-state index is 13.7. The number of halogens is 1. The van der Waals surface area contributed by atoms with Gasteiger partial charge in [0.15, 0.2) is 5.69 Å². The van der Waals surface area contributed by atoms with E-state index in [4.69, 9.17) is 16.3 Å². The van der Waals surface area contributed by atoms with Gasteiger partial charge in [-0.25, -0.2) is 18.4 Å². The smallest absolute Gasteiger partial charge is 0.278 e. The van der Waals surface area contributed by atoms with Gasteiger partial charge in [0.2, 0.25) is 15.0 Å². The Bertz CT molecular complexity index is 1480. The van der Waals surface area contributed by atoms with E-state index in [1.807, 2.05) is 49.4 Å². The minimum atomic E-state index is -3.93. The van der Waals surface area contributed by atoms with E-state index in [-0.39, 0.29) is 23.0 Å². The summed E-state index contributed by atoms with van der Waals surface area (Å²) in [5.41, 5.74) is 2.72. The summed E-state index contributed by atoms with van der Waals surface area (Å²) >= 11 is 6.32. The number of ether oxygens (including phenoxy) is 1. The number of anilines is 1.